The maximum atomic E-state index is 14.0. The number of rotatable bonds is 6. The van der Waals surface area contributed by atoms with Gasteiger partial charge in [-0.1, -0.05) is 0 Å². The van der Waals surface area contributed by atoms with Gasteiger partial charge in [-0.05, 0) is 81.1 Å². The Morgan fingerprint density at radius 1 is 0.973 bits per heavy atom. The first-order chi connectivity index (χ1) is 17.9. The number of fused-ring (bicyclic) bond motifs is 2. The van der Waals surface area contributed by atoms with Crippen molar-refractivity contribution in [1.29, 1.82) is 0 Å². The number of ether oxygens (including phenoxy) is 1. The minimum Gasteiger partial charge on any atom is -0.494 e. The number of amides is 2. The molecule has 3 aliphatic rings. The van der Waals surface area contributed by atoms with Crippen molar-refractivity contribution in [3.63, 3.8) is 0 Å². The normalized spacial score (nSPS) is 18.2. The molecule has 0 unspecified atom stereocenters. The predicted octanol–water partition coefficient (Wildman–Crippen LogP) is 4.18. The zero-order valence-electron chi connectivity index (χ0n) is 20.6. The van der Waals surface area contributed by atoms with Crippen molar-refractivity contribution < 1.29 is 24.2 Å². The van der Waals surface area contributed by atoms with Crippen LogP contribution in [-0.4, -0.2) is 52.4 Å². The molecule has 9 nitrogen and oxygen atoms in total. The lowest BCUT2D eigenvalue weighted by Gasteiger charge is -2.34. The Bertz CT molecular complexity index is 1390. The molecule has 37 heavy (non-hydrogen) atoms. The van der Waals surface area contributed by atoms with Gasteiger partial charge in [0.25, 0.3) is 5.91 Å². The Kier molecular flexibility index (Phi) is 5.51. The van der Waals surface area contributed by atoms with Crippen LogP contribution in [0.2, 0.25) is 0 Å². The zero-order chi connectivity index (χ0) is 25.7. The summed E-state index contributed by atoms with van der Waals surface area (Å²) in [4.78, 5) is 42.0. The Balaban J connectivity index is 1.40. The highest BCUT2D eigenvalue weighted by molar-refractivity contribution is 6.10. The van der Waals surface area contributed by atoms with Gasteiger partial charge in [0.05, 0.1) is 12.3 Å². The van der Waals surface area contributed by atoms with Gasteiger partial charge in [0.2, 0.25) is 5.91 Å². The van der Waals surface area contributed by atoms with Gasteiger partial charge in [-0.2, -0.15) is 5.10 Å². The van der Waals surface area contributed by atoms with E-state index in [0.717, 1.165) is 31.4 Å². The highest BCUT2D eigenvalue weighted by Crippen LogP contribution is 2.54. The average molecular weight is 501 g/mol. The van der Waals surface area contributed by atoms with Crippen molar-refractivity contribution in [1.82, 2.24) is 9.78 Å². The topological polar surface area (TPSA) is 105 Å². The van der Waals surface area contributed by atoms with E-state index in [0.29, 0.717) is 54.5 Å². The summed E-state index contributed by atoms with van der Waals surface area (Å²) < 4.78 is 6.99. The van der Waals surface area contributed by atoms with Gasteiger partial charge in [0.1, 0.15) is 11.4 Å². The second-order valence-corrected chi connectivity index (χ2v) is 9.91. The molecule has 190 valence electrons. The smallest absolute Gasteiger partial charge is 0.356 e. The molecular weight excluding hydrogens is 472 g/mol. The lowest BCUT2D eigenvalue weighted by atomic mass is 9.88. The van der Waals surface area contributed by atoms with Crippen molar-refractivity contribution in [2.24, 2.45) is 0 Å². The zero-order valence-corrected chi connectivity index (χ0v) is 20.6. The molecule has 2 fully saturated rings. The van der Waals surface area contributed by atoms with E-state index in [1.807, 2.05) is 31.2 Å². The fourth-order valence-electron chi connectivity index (χ4n) is 5.55. The van der Waals surface area contributed by atoms with Crippen molar-refractivity contribution in [2.75, 3.05) is 29.5 Å². The number of aromatic carboxylic acids is 1. The number of hydrogen-bond donors (Lipinski definition) is 1. The van der Waals surface area contributed by atoms with Crippen LogP contribution in [0.1, 0.15) is 65.6 Å². The Labute approximate surface area is 214 Å². The molecule has 2 amide bonds. The fraction of sp³-hybridized carbons (Fsp3) is 0.357. The van der Waals surface area contributed by atoms with Crippen LogP contribution in [0.5, 0.6) is 5.75 Å². The SMILES string of the molecule is CCOc1ccc(-n2nc(C(=O)O)c3c2C(=O)N(c2ccc(N4CCCCC4=O)cc2)CC32CC2)cc1. The molecule has 1 aliphatic carbocycles. The molecule has 2 aromatic carbocycles. The summed E-state index contributed by atoms with van der Waals surface area (Å²) in [5.41, 5.74) is 2.47. The fourth-order valence-corrected chi connectivity index (χ4v) is 5.55. The van der Waals surface area contributed by atoms with Crippen molar-refractivity contribution in [2.45, 2.75) is 44.4 Å². The lowest BCUT2D eigenvalue weighted by molar-refractivity contribution is -0.119. The molecule has 2 aliphatic heterocycles. The predicted molar refractivity (Wildman–Crippen MR) is 137 cm³/mol. The van der Waals surface area contributed by atoms with Crippen LogP contribution in [0.15, 0.2) is 48.5 Å². The third-order valence-corrected chi connectivity index (χ3v) is 7.57. The van der Waals surface area contributed by atoms with Gasteiger partial charge in [0.15, 0.2) is 5.69 Å². The summed E-state index contributed by atoms with van der Waals surface area (Å²) in [6, 6.07) is 14.6. The lowest BCUT2D eigenvalue weighted by Crippen LogP contribution is -2.44. The average Bonchev–Trinajstić information content (AvgIpc) is 3.55. The molecule has 9 heteroatoms. The van der Waals surface area contributed by atoms with Crippen LogP contribution in [0.25, 0.3) is 5.69 Å². The van der Waals surface area contributed by atoms with E-state index >= 15 is 0 Å². The third kappa shape index (κ3) is 3.85. The largest absolute Gasteiger partial charge is 0.494 e. The number of benzene rings is 2. The van der Waals surface area contributed by atoms with E-state index in [-0.39, 0.29) is 17.5 Å². The summed E-state index contributed by atoms with van der Waals surface area (Å²) in [5.74, 6) is -0.619. The second kappa shape index (κ2) is 8.76. The molecule has 6 rings (SSSR count). The number of aromatic nitrogens is 2. The number of carboxylic acid groups (broad SMARTS) is 1. The first kappa shape index (κ1) is 23.3. The molecule has 0 radical (unpaired) electrons. The Morgan fingerprint density at radius 2 is 1.62 bits per heavy atom. The first-order valence-electron chi connectivity index (χ1n) is 12.7. The van der Waals surface area contributed by atoms with Crippen LogP contribution in [0.3, 0.4) is 0 Å². The standard InChI is InChI=1S/C28H28N4O5/c1-2-37-21-12-10-20(11-13-21)32-25-23(24(29-32)27(35)36)28(14-15-28)17-31(26(25)34)19-8-6-18(7-9-19)30-16-4-3-5-22(30)33/h6-13H,2-5,14-17H2,1H3,(H,35,36). The monoisotopic (exact) mass is 500 g/mol. The van der Waals surface area contributed by atoms with Gasteiger partial charge >= 0.3 is 5.97 Å². The van der Waals surface area contributed by atoms with Crippen LogP contribution < -0.4 is 14.5 Å². The molecule has 0 atom stereocenters. The summed E-state index contributed by atoms with van der Waals surface area (Å²) >= 11 is 0. The third-order valence-electron chi connectivity index (χ3n) is 7.57. The maximum Gasteiger partial charge on any atom is 0.356 e. The molecule has 1 saturated heterocycles. The van der Waals surface area contributed by atoms with E-state index in [9.17, 15) is 19.5 Å². The number of carbonyl (C=O) groups is 3. The Hall–Kier alpha value is -4.14. The van der Waals surface area contributed by atoms with Gasteiger partial charge in [-0.15, -0.1) is 0 Å². The van der Waals surface area contributed by atoms with Crippen molar-refractivity contribution in [3.8, 4) is 11.4 Å². The summed E-state index contributed by atoms with van der Waals surface area (Å²) in [7, 11) is 0. The van der Waals surface area contributed by atoms with Crippen LogP contribution in [0.4, 0.5) is 11.4 Å². The van der Waals surface area contributed by atoms with Crippen LogP contribution in [0, 0.1) is 0 Å². The minimum absolute atomic E-state index is 0.0617. The molecule has 1 aromatic heterocycles. The second-order valence-electron chi connectivity index (χ2n) is 9.91. The number of piperidine rings is 1. The molecule has 1 N–H and O–H groups in total. The van der Waals surface area contributed by atoms with Crippen LogP contribution in [-0.2, 0) is 10.2 Å². The highest BCUT2D eigenvalue weighted by Gasteiger charge is 2.56. The quantitative estimate of drug-likeness (QED) is 0.545. The number of hydrogen-bond acceptors (Lipinski definition) is 5. The molecular formula is C28H28N4O5. The number of carbonyl (C=O) groups excluding carboxylic acids is 2. The van der Waals surface area contributed by atoms with E-state index in [4.69, 9.17) is 4.74 Å². The van der Waals surface area contributed by atoms with Gasteiger partial charge < -0.3 is 19.6 Å². The summed E-state index contributed by atoms with van der Waals surface area (Å²) in [5, 5.41) is 14.4. The number of nitrogens with zero attached hydrogens (tertiary/aromatic N) is 4. The van der Waals surface area contributed by atoms with Gasteiger partial charge in [0, 0.05) is 41.9 Å². The minimum atomic E-state index is -1.14. The van der Waals surface area contributed by atoms with Gasteiger partial charge in [-0.25, -0.2) is 9.48 Å². The highest BCUT2D eigenvalue weighted by atomic mass is 16.5. The number of anilines is 2. The van der Waals surface area contributed by atoms with E-state index in [1.54, 1.807) is 34.1 Å². The van der Waals surface area contributed by atoms with E-state index in [2.05, 4.69) is 5.10 Å². The van der Waals surface area contributed by atoms with E-state index < -0.39 is 11.4 Å². The molecule has 0 bridgehead atoms. The molecule has 3 aromatic rings. The molecule has 1 saturated carbocycles. The Morgan fingerprint density at radius 3 is 2.22 bits per heavy atom. The van der Waals surface area contributed by atoms with Crippen LogP contribution >= 0.6 is 0 Å². The first-order valence-corrected chi connectivity index (χ1v) is 12.7. The van der Waals surface area contributed by atoms with Crippen molar-refractivity contribution in [3.05, 3.63) is 65.5 Å². The summed E-state index contributed by atoms with van der Waals surface area (Å²) in [6.45, 7) is 3.53. The van der Waals surface area contributed by atoms with Crippen molar-refractivity contribution >= 4 is 29.2 Å². The molecule has 3 heterocycles. The summed E-state index contributed by atoms with van der Waals surface area (Å²) in [6.07, 6.45) is 4.03. The van der Waals surface area contributed by atoms with Gasteiger partial charge in [-0.3, -0.25) is 9.59 Å². The molecule has 1 spiro atoms. The maximum absolute atomic E-state index is 14.0. The van der Waals surface area contributed by atoms with E-state index in [1.165, 1.54) is 4.68 Å². The number of carboxylic acids is 1.